The summed E-state index contributed by atoms with van der Waals surface area (Å²) in [5.74, 6) is -0.879. The Morgan fingerprint density at radius 1 is 0.857 bits per heavy atom. The van der Waals surface area contributed by atoms with Crippen molar-refractivity contribution >= 4 is 40.8 Å². The molecule has 0 bridgehead atoms. The SMILES string of the molecule is CC(=O)Nc1ccc(NC(=O)[C@H](C)OC(=O)[C@@H](C)Oc2ccc(Cl)cc2)cc1. The fourth-order valence-corrected chi connectivity index (χ4v) is 2.30. The van der Waals surface area contributed by atoms with Crippen LogP contribution in [0.2, 0.25) is 5.02 Å². The molecule has 0 spiro atoms. The summed E-state index contributed by atoms with van der Waals surface area (Å²) >= 11 is 5.80. The molecule has 2 atom stereocenters. The van der Waals surface area contributed by atoms with Gasteiger partial charge in [-0.1, -0.05) is 11.6 Å². The van der Waals surface area contributed by atoms with Gasteiger partial charge in [0.25, 0.3) is 5.91 Å². The van der Waals surface area contributed by atoms with Crippen LogP contribution in [0, 0.1) is 0 Å². The van der Waals surface area contributed by atoms with Crippen molar-refractivity contribution in [2.24, 2.45) is 0 Å². The molecule has 0 fully saturated rings. The van der Waals surface area contributed by atoms with Gasteiger partial charge >= 0.3 is 5.97 Å². The molecule has 28 heavy (non-hydrogen) atoms. The van der Waals surface area contributed by atoms with Crippen molar-refractivity contribution in [2.45, 2.75) is 33.0 Å². The van der Waals surface area contributed by atoms with Crippen molar-refractivity contribution in [1.82, 2.24) is 0 Å². The number of carbonyl (C=O) groups excluding carboxylic acids is 3. The second-order valence-corrected chi connectivity index (χ2v) is 6.48. The minimum Gasteiger partial charge on any atom is -0.479 e. The van der Waals surface area contributed by atoms with Crippen LogP contribution in [0.5, 0.6) is 5.75 Å². The topological polar surface area (TPSA) is 93.7 Å². The zero-order valence-corrected chi connectivity index (χ0v) is 16.4. The lowest BCUT2D eigenvalue weighted by molar-refractivity contribution is -0.159. The van der Waals surface area contributed by atoms with Crippen molar-refractivity contribution in [3.05, 3.63) is 53.6 Å². The largest absolute Gasteiger partial charge is 0.479 e. The first-order valence-corrected chi connectivity index (χ1v) is 8.93. The normalized spacial score (nSPS) is 12.4. The third-order valence-electron chi connectivity index (χ3n) is 3.59. The Morgan fingerprint density at radius 3 is 1.93 bits per heavy atom. The minimum atomic E-state index is -1.02. The molecule has 2 aromatic carbocycles. The van der Waals surface area contributed by atoms with E-state index in [1.165, 1.54) is 20.8 Å². The van der Waals surface area contributed by atoms with Crippen LogP contribution >= 0.6 is 11.6 Å². The van der Waals surface area contributed by atoms with Crippen molar-refractivity contribution in [3.8, 4) is 5.75 Å². The van der Waals surface area contributed by atoms with E-state index in [1.807, 2.05) is 0 Å². The summed E-state index contributed by atoms with van der Waals surface area (Å²) in [5.41, 5.74) is 1.12. The minimum absolute atomic E-state index is 0.188. The number of nitrogens with one attached hydrogen (secondary N) is 2. The zero-order chi connectivity index (χ0) is 20.7. The number of benzene rings is 2. The fraction of sp³-hybridized carbons (Fsp3) is 0.250. The number of carbonyl (C=O) groups is 3. The molecule has 0 saturated heterocycles. The summed E-state index contributed by atoms with van der Waals surface area (Å²) in [6.07, 6.45) is -1.91. The van der Waals surface area contributed by atoms with Crippen LogP contribution in [0.1, 0.15) is 20.8 Å². The molecule has 0 radical (unpaired) electrons. The molecule has 0 aliphatic rings. The van der Waals surface area contributed by atoms with Gasteiger partial charge in [-0.25, -0.2) is 4.79 Å². The lowest BCUT2D eigenvalue weighted by Gasteiger charge is -2.18. The highest BCUT2D eigenvalue weighted by Crippen LogP contribution is 2.18. The first kappa shape index (κ1) is 21.2. The Labute approximate surface area is 168 Å². The van der Waals surface area contributed by atoms with E-state index in [0.29, 0.717) is 22.1 Å². The highest BCUT2D eigenvalue weighted by molar-refractivity contribution is 6.30. The van der Waals surface area contributed by atoms with Crippen molar-refractivity contribution in [3.63, 3.8) is 0 Å². The van der Waals surface area contributed by atoms with Gasteiger partial charge in [-0.15, -0.1) is 0 Å². The Kier molecular flexibility index (Phi) is 7.40. The standard InChI is InChI=1S/C20H21ClN2O5/c1-12(19(25)23-17-8-6-16(7-9-17)22-14(3)24)28-20(26)13(2)27-18-10-4-15(21)5-11-18/h4-13H,1-3H3,(H,22,24)(H,23,25)/t12-,13+/m0/s1. The lowest BCUT2D eigenvalue weighted by atomic mass is 10.2. The Morgan fingerprint density at radius 2 is 1.39 bits per heavy atom. The second kappa shape index (κ2) is 9.75. The molecule has 0 aliphatic carbocycles. The number of anilines is 2. The predicted octanol–water partition coefficient (Wildman–Crippen LogP) is 3.64. The molecule has 0 heterocycles. The van der Waals surface area contributed by atoms with E-state index < -0.39 is 24.1 Å². The zero-order valence-electron chi connectivity index (χ0n) is 15.7. The molecule has 0 aromatic heterocycles. The Hall–Kier alpha value is -3.06. The summed E-state index contributed by atoms with van der Waals surface area (Å²) in [7, 11) is 0. The van der Waals surface area contributed by atoms with Gasteiger partial charge in [0.1, 0.15) is 5.75 Å². The second-order valence-electron chi connectivity index (χ2n) is 6.04. The fourth-order valence-electron chi connectivity index (χ4n) is 2.17. The lowest BCUT2D eigenvalue weighted by Crippen LogP contribution is -2.35. The van der Waals surface area contributed by atoms with Crippen LogP contribution in [0.3, 0.4) is 0 Å². The monoisotopic (exact) mass is 404 g/mol. The van der Waals surface area contributed by atoms with E-state index >= 15 is 0 Å². The van der Waals surface area contributed by atoms with Gasteiger partial charge in [0.05, 0.1) is 0 Å². The molecule has 7 nitrogen and oxygen atoms in total. The third-order valence-corrected chi connectivity index (χ3v) is 3.85. The summed E-state index contributed by atoms with van der Waals surface area (Å²) in [6.45, 7) is 4.40. The van der Waals surface area contributed by atoms with Gasteiger partial charge in [-0.05, 0) is 62.4 Å². The van der Waals surface area contributed by atoms with Crippen molar-refractivity contribution in [2.75, 3.05) is 10.6 Å². The van der Waals surface area contributed by atoms with Gasteiger partial charge in [0, 0.05) is 23.3 Å². The average Bonchev–Trinajstić information content (AvgIpc) is 2.64. The molecular formula is C20H21ClN2O5. The van der Waals surface area contributed by atoms with Crippen molar-refractivity contribution < 1.29 is 23.9 Å². The summed E-state index contributed by atoms with van der Waals surface area (Å²) < 4.78 is 10.6. The smallest absolute Gasteiger partial charge is 0.347 e. The van der Waals surface area contributed by atoms with Crippen LogP contribution in [-0.2, 0) is 19.1 Å². The van der Waals surface area contributed by atoms with Crippen LogP contribution in [0.4, 0.5) is 11.4 Å². The molecule has 2 rings (SSSR count). The quantitative estimate of drug-likeness (QED) is 0.687. The maximum atomic E-state index is 12.2. The number of hydrogen-bond donors (Lipinski definition) is 2. The molecule has 0 unspecified atom stereocenters. The number of rotatable bonds is 7. The van der Waals surface area contributed by atoms with Crippen LogP contribution in [0.25, 0.3) is 0 Å². The number of esters is 1. The molecule has 2 N–H and O–H groups in total. The van der Waals surface area contributed by atoms with Gasteiger partial charge in [0.15, 0.2) is 12.2 Å². The van der Waals surface area contributed by atoms with E-state index in [9.17, 15) is 14.4 Å². The average molecular weight is 405 g/mol. The van der Waals surface area contributed by atoms with E-state index in [-0.39, 0.29) is 5.91 Å². The molecular weight excluding hydrogens is 384 g/mol. The molecule has 148 valence electrons. The van der Waals surface area contributed by atoms with Crippen LogP contribution in [-0.4, -0.2) is 30.0 Å². The predicted molar refractivity (Wildman–Crippen MR) is 106 cm³/mol. The number of hydrogen-bond acceptors (Lipinski definition) is 5. The molecule has 2 amide bonds. The third kappa shape index (κ3) is 6.59. The molecule has 0 saturated carbocycles. The Bertz CT molecular complexity index is 837. The van der Waals surface area contributed by atoms with Crippen LogP contribution < -0.4 is 15.4 Å². The van der Waals surface area contributed by atoms with E-state index in [2.05, 4.69) is 10.6 Å². The highest BCUT2D eigenvalue weighted by Gasteiger charge is 2.23. The van der Waals surface area contributed by atoms with E-state index in [1.54, 1.807) is 48.5 Å². The number of ether oxygens (including phenoxy) is 2. The highest BCUT2D eigenvalue weighted by atomic mass is 35.5. The number of amides is 2. The maximum absolute atomic E-state index is 12.2. The number of halogens is 1. The van der Waals surface area contributed by atoms with Crippen LogP contribution in [0.15, 0.2) is 48.5 Å². The molecule has 8 heteroatoms. The van der Waals surface area contributed by atoms with Crippen molar-refractivity contribution in [1.29, 1.82) is 0 Å². The first-order valence-electron chi connectivity index (χ1n) is 8.56. The summed E-state index contributed by atoms with van der Waals surface area (Å²) in [4.78, 5) is 35.4. The van der Waals surface area contributed by atoms with E-state index in [0.717, 1.165) is 0 Å². The maximum Gasteiger partial charge on any atom is 0.347 e. The first-order chi connectivity index (χ1) is 13.2. The van der Waals surface area contributed by atoms with Gasteiger partial charge < -0.3 is 20.1 Å². The molecule has 0 aliphatic heterocycles. The van der Waals surface area contributed by atoms with Gasteiger partial charge in [-0.3, -0.25) is 9.59 Å². The summed E-state index contributed by atoms with van der Waals surface area (Å²) in [5, 5.41) is 5.82. The summed E-state index contributed by atoms with van der Waals surface area (Å²) in [6, 6.07) is 13.1. The Balaban J connectivity index is 1.85. The van der Waals surface area contributed by atoms with Gasteiger partial charge in [-0.2, -0.15) is 0 Å². The van der Waals surface area contributed by atoms with E-state index in [4.69, 9.17) is 21.1 Å². The molecule has 2 aromatic rings. The van der Waals surface area contributed by atoms with Gasteiger partial charge in [0.2, 0.25) is 5.91 Å².